The van der Waals surface area contributed by atoms with E-state index in [1.54, 1.807) is 0 Å². The molecule has 1 heterocycles. The third-order valence-corrected chi connectivity index (χ3v) is 2.60. The molecule has 1 aromatic carbocycles. The molecule has 0 unspecified atom stereocenters. The van der Waals surface area contributed by atoms with Crippen LogP contribution in [0.5, 0.6) is 5.75 Å². The first-order valence-electron chi connectivity index (χ1n) is 5.53. The van der Waals surface area contributed by atoms with Crippen LogP contribution in [-0.2, 0) is 12.7 Å². The van der Waals surface area contributed by atoms with Gasteiger partial charge >= 0.3 is 6.18 Å². The zero-order valence-corrected chi connectivity index (χ0v) is 10.1. The summed E-state index contributed by atoms with van der Waals surface area (Å²) < 4.78 is 38.6. The van der Waals surface area contributed by atoms with Crippen LogP contribution in [0.1, 0.15) is 11.3 Å². The third kappa shape index (κ3) is 2.64. The maximum atomic E-state index is 12.6. The summed E-state index contributed by atoms with van der Waals surface area (Å²) in [5, 5.41) is 13.2. The molecule has 3 N–H and O–H groups in total. The van der Waals surface area contributed by atoms with Crippen molar-refractivity contribution < 1.29 is 18.3 Å². The number of hydrogen-bond acceptors (Lipinski definition) is 4. The van der Waals surface area contributed by atoms with Crippen LogP contribution < -0.4 is 11.3 Å². The molecular weight excluding hydrogens is 275 g/mol. The van der Waals surface area contributed by atoms with Gasteiger partial charge in [0.25, 0.3) is 5.56 Å². The summed E-state index contributed by atoms with van der Waals surface area (Å²) in [6.07, 6.45) is -4.52. The number of nitrogens with two attached hydrogens (primary N) is 1. The first-order valence-corrected chi connectivity index (χ1v) is 5.53. The van der Waals surface area contributed by atoms with Crippen molar-refractivity contribution >= 4 is 0 Å². The molecule has 0 radical (unpaired) electrons. The Kier molecular flexibility index (Phi) is 3.49. The Morgan fingerprint density at radius 1 is 1.30 bits per heavy atom. The van der Waals surface area contributed by atoms with Crippen LogP contribution in [-0.4, -0.2) is 14.9 Å². The summed E-state index contributed by atoms with van der Waals surface area (Å²) in [5.41, 5.74) is 3.64. The number of rotatable bonds is 2. The number of halogens is 3. The second kappa shape index (κ2) is 4.97. The molecule has 0 atom stereocenters. The predicted molar refractivity (Wildman–Crippen MR) is 64.4 cm³/mol. The van der Waals surface area contributed by atoms with Crippen molar-refractivity contribution in [3.8, 4) is 11.4 Å². The van der Waals surface area contributed by atoms with Gasteiger partial charge in [-0.15, -0.1) is 0 Å². The predicted octanol–water partition coefficient (Wildman–Crippen LogP) is 1.42. The summed E-state index contributed by atoms with van der Waals surface area (Å²) in [7, 11) is 0. The van der Waals surface area contributed by atoms with E-state index in [4.69, 9.17) is 5.73 Å². The van der Waals surface area contributed by atoms with E-state index in [1.165, 1.54) is 12.1 Å². The van der Waals surface area contributed by atoms with Gasteiger partial charge in [-0.3, -0.25) is 4.79 Å². The van der Waals surface area contributed by atoms with Crippen molar-refractivity contribution in [1.82, 2.24) is 9.78 Å². The lowest BCUT2D eigenvalue weighted by Crippen LogP contribution is -2.23. The summed E-state index contributed by atoms with van der Waals surface area (Å²) in [5.74, 6) is -0.388. The molecule has 0 aliphatic heterocycles. The number of nitrogens with zero attached hydrogens (tertiary/aromatic N) is 2. The van der Waals surface area contributed by atoms with Crippen LogP contribution in [0, 0.1) is 0 Å². The smallest absolute Gasteiger partial charge is 0.416 e. The van der Waals surface area contributed by atoms with E-state index in [0.717, 1.165) is 22.9 Å². The van der Waals surface area contributed by atoms with Gasteiger partial charge in [0.2, 0.25) is 0 Å². The van der Waals surface area contributed by atoms with Gasteiger partial charge < -0.3 is 10.8 Å². The van der Waals surface area contributed by atoms with Gasteiger partial charge in [0.1, 0.15) is 11.4 Å². The van der Waals surface area contributed by atoms with Crippen LogP contribution in [0.25, 0.3) is 5.69 Å². The van der Waals surface area contributed by atoms with Gasteiger partial charge in [0.05, 0.1) is 11.3 Å². The molecule has 2 rings (SSSR count). The van der Waals surface area contributed by atoms with Crippen molar-refractivity contribution in [2.75, 3.05) is 0 Å². The first kappa shape index (κ1) is 14.1. The number of alkyl halides is 3. The third-order valence-electron chi connectivity index (χ3n) is 2.60. The van der Waals surface area contributed by atoms with Gasteiger partial charge in [-0.2, -0.15) is 23.0 Å². The zero-order chi connectivity index (χ0) is 14.9. The summed E-state index contributed by atoms with van der Waals surface area (Å²) in [6, 6.07) is 5.02. The second-order valence-electron chi connectivity index (χ2n) is 3.98. The Balaban J connectivity index is 2.60. The summed E-state index contributed by atoms with van der Waals surface area (Å²) in [6.45, 7) is -0.148. The molecule has 106 valence electrons. The lowest BCUT2D eigenvalue weighted by atomic mass is 10.2. The Morgan fingerprint density at radius 2 is 2.00 bits per heavy atom. The van der Waals surface area contributed by atoms with E-state index in [1.807, 2.05) is 0 Å². The fourth-order valence-electron chi connectivity index (χ4n) is 1.63. The van der Waals surface area contributed by atoms with Crippen LogP contribution in [0.15, 0.2) is 35.1 Å². The Labute approximate surface area is 111 Å². The molecule has 0 bridgehead atoms. The molecule has 5 nitrogen and oxygen atoms in total. The fraction of sp³-hybridized carbons (Fsp3) is 0.167. The molecule has 1 aromatic heterocycles. The van der Waals surface area contributed by atoms with E-state index >= 15 is 0 Å². The van der Waals surface area contributed by atoms with Crippen molar-refractivity contribution in [2.24, 2.45) is 5.73 Å². The van der Waals surface area contributed by atoms with Crippen LogP contribution in [0.2, 0.25) is 0 Å². The SMILES string of the molecule is NCc1nn(-c2cccc(C(F)(F)F)c2)c(=O)cc1O. The molecule has 0 saturated heterocycles. The highest BCUT2D eigenvalue weighted by atomic mass is 19.4. The molecule has 0 saturated carbocycles. The standard InChI is InChI=1S/C12H10F3N3O2/c13-12(14,15)7-2-1-3-8(4-7)18-11(20)5-10(19)9(6-16)17-18/h1-5,19H,6,16H2. The van der Waals surface area contributed by atoms with E-state index in [9.17, 15) is 23.1 Å². The molecule has 0 aliphatic rings. The van der Waals surface area contributed by atoms with Crippen LogP contribution in [0.4, 0.5) is 13.2 Å². The molecule has 2 aromatic rings. The average molecular weight is 285 g/mol. The minimum absolute atomic E-state index is 0.0158. The number of hydrogen-bond donors (Lipinski definition) is 2. The number of aromatic hydroxyl groups is 1. The van der Waals surface area contributed by atoms with Gasteiger partial charge in [-0.25, -0.2) is 0 Å². The van der Waals surface area contributed by atoms with Gasteiger partial charge in [-0.05, 0) is 18.2 Å². The van der Waals surface area contributed by atoms with Gasteiger partial charge in [-0.1, -0.05) is 6.07 Å². The number of aromatic nitrogens is 2. The highest BCUT2D eigenvalue weighted by Crippen LogP contribution is 2.30. The molecular formula is C12H10F3N3O2. The second-order valence-corrected chi connectivity index (χ2v) is 3.98. The molecule has 0 fully saturated rings. The maximum absolute atomic E-state index is 12.6. The topological polar surface area (TPSA) is 81.1 Å². The molecule has 0 aliphatic carbocycles. The Bertz CT molecular complexity index is 695. The summed E-state index contributed by atoms with van der Waals surface area (Å²) >= 11 is 0. The van der Waals surface area contributed by atoms with Crippen molar-refractivity contribution in [3.63, 3.8) is 0 Å². The van der Waals surface area contributed by atoms with E-state index in [2.05, 4.69) is 5.10 Å². The van der Waals surface area contributed by atoms with Crippen molar-refractivity contribution in [2.45, 2.75) is 12.7 Å². The van der Waals surface area contributed by atoms with Gasteiger partial charge in [0.15, 0.2) is 0 Å². The Morgan fingerprint density at radius 3 is 2.60 bits per heavy atom. The van der Waals surface area contributed by atoms with Gasteiger partial charge in [0, 0.05) is 12.6 Å². The molecule has 8 heteroatoms. The fourth-order valence-corrected chi connectivity index (χ4v) is 1.63. The first-order chi connectivity index (χ1) is 9.32. The lowest BCUT2D eigenvalue weighted by Gasteiger charge is -2.10. The molecule has 0 spiro atoms. The van der Waals surface area contributed by atoms with Crippen LogP contribution >= 0.6 is 0 Å². The molecule has 20 heavy (non-hydrogen) atoms. The number of benzene rings is 1. The largest absolute Gasteiger partial charge is 0.506 e. The summed E-state index contributed by atoms with van der Waals surface area (Å²) in [4.78, 5) is 11.7. The van der Waals surface area contributed by atoms with Crippen molar-refractivity contribution in [1.29, 1.82) is 0 Å². The quantitative estimate of drug-likeness (QED) is 0.874. The minimum atomic E-state index is -4.52. The molecule has 0 amide bonds. The highest BCUT2D eigenvalue weighted by Gasteiger charge is 2.30. The normalized spacial score (nSPS) is 11.6. The van der Waals surface area contributed by atoms with E-state index < -0.39 is 17.3 Å². The Hall–Kier alpha value is -2.35. The average Bonchev–Trinajstić information content (AvgIpc) is 2.38. The maximum Gasteiger partial charge on any atom is 0.416 e. The van der Waals surface area contributed by atoms with E-state index in [-0.39, 0.29) is 23.7 Å². The highest BCUT2D eigenvalue weighted by molar-refractivity contribution is 5.37. The lowest BCUT2D eigenvalue weighted by molar-refractivity contribution is -0.137. The van der Waals surface area contributed by atoms with Crippen molar-refractivity contribution in [3.05, 3.63) is 51.9 Å². The minimum Gasteiger partial charge on any atom is -0.506 e. The van der Waals surface area contributed by atoms with Crippen LogP contribution in [0.3, 0.4) is 0 Å². The zero-order valence-electron chi connectivity index (χ0n) is 10.1. The monoisotopic (exact) mass is 285 g/mol. The van der Waals surface area contributed by atoms with E-state index in [0.29, 0.717) is 0 Å².